The molecule has 3 fully saturated rings. The molecule has 3 aliphatic rings. The molecule has 0 aliphatic carbocycles. The van der Waals surface area contributed by atoms with Gasteiger partial charge in [0, 0.05) is 57.6 Å². The van der Waals surface area contributed by atoms with E-state index < -0.39 is 12.1 Å². The minimum atomic E-state index is -0.672. The van der Waals surface area contributed by atoms with Gasteiger partial charge in [0.05, 0.1) is 12.7 Å². The van der Waals surface area contributed by atoms with Crippen molar-refractivity contribution in [1.82, 2.24) is 15.1 Å². The highest BCUT2D eigenvalue weighted by Crippen LogP contribution is 2.28. The van der Waals surface area contributed by atoms with Crippen molar-refractivity contribution in [3.05, 3.63) is 29.8 Å². The van der Waals surface area contributed by atoms with Crippen LogP contribution in [-0.4, -0.2) is 105 Å². The Bertz CT molecular complexity index is 898. The summed E-state index contributed by atoms with van der Waals surface area (Å²) in [5.41, 5.74) is 1.61. The van der Waals surface area contributed by atoms with E-state index in [1.165, 1.54) is 0 Å². The molecule has 3 aliphatic heterocycles. The number of amides is 2. The summed E-state index contributed by atoms with van der Waals surface area (Å²) < 4.78 is 10.7. The summed E-state index contributed by atoms with van der Waals surface area (Å²) in [7, 11) is 1.72. The molecule has 35 heavy (non-hydrogen) atoms. The second-order valence-electron chi connectivity index (χ2n) is 10.1. The summed E-state index contributed by atoms with van der Waals surface area (Å²) in [4.78, 5) is 45.0. The Morgan fingerprint density at radius 2 is 1.83 bits per heavy atom. The third-order valence-corrected chi connectivity index (χ3v) is 7.18. The third kappa shape index (κ3) is 6.02. The van der Waals surface area contributed by atoms with Crippen molar-refractivity contribution in [2.75, 3.05) is 64.5 Å². The van der Waals surface area contributed by atoms with Gasteiger partial charge in [-0.1, -0.05) is 13.8 Å². The van der Waals surface area contributed by atoms with Gasteiger partial charge in [-0.05, 0) is 43.0 Å². The number of Topliss-reactive ketones (excluding diaryl/α,β-unsaturated/α-hetero) is 1. The van der Waals surface area contributed by atoms with Gasteiger partial charge in [0.1, 0.15) is 18.7 Å². The lowest BCUT2D eigenvalue weighted by molar-refractivity contribution is -0.138. The molecule has 3 heterocycles. The van der Waals surface area contributed by atoms with E-state index in [2.05, 4.69) is 15.1 Å². The van der Waals surface area contributed by atoms with E-state index in [1.54, 1.807) is 12.0 Å². The molecule has 1 aromatic rings. The first-order valence-electron chi connectivity index (χ1n) is 12.7. The summed E-state index contributed by atoms with van der Waals surface area (Å²) >= 11 is 0. The van der Waals surface area contributed by atoms with Gasteiger partial charge in [-0.2, -0.15) is 0 Å². The number of carbonyl (C=O) groups excluding carboxylic acids is 3. The number of nitrogens with one attached hydrogen (secondary N) is 1. The largest absolute Gasteiger partial charge is 0.383 e. The second-order valence-corrected chi connectivity index (χ2v) is 10.1. The van der Waals surface area contributed by atoms with Crippen molar-refractivity contribution in [2.45, 2.75) is 44.9 Å². The molecule has 0 spiro atoms. The molecule has 0 bridgehead atoms. The molecular formula is C26H38N4O5. The van der Waals surface area contributed by atoms with Crippen LogP contribution in [0, 0.1) is 5.92 Å². The maximum atomic E-state index is 13.4. The Kier molecular flexibility index (Phi) is 8.41. The van der Waals surface area contributed by atoms with Gasteiger partial charge in [0.15, 0.2) is 5.78 Å². The van der Waals surface area contributed by atoms with E-state index in [0.29, 0.717) is 24.9 Å². The van der Waals surface area contributed by atoms with Crippen molar-refractivity contribution in [2.24, 2.45) is 5.92 Å². The fourth-order valence-corrected chi connectivity index (χ4v) is 5.25. The summed E-state index contributed by atoms with van der Waals surface area (Å²) in [5, 5.41) is 2.95. The Balaban J connectivity index is 1.37. The minimum Gasteiger partial charge on any atom is -0.383 e. The van der Waals surface area contributed by atoms with E-state index in [0.717, 1.165) is 45.0 Å². The lowest BCUT2D eigenvalue weighted by atomic mass is 10.0. The number of ketones is 1. The minimum absolute atomic E-state index is 0.0504. The van der Waals surface area contributed by atoms with Gasteiger partial charge in [0.25, 0.3) is 5.91 Å². The van der Waals surface area contributed by atoms with E-state index >= 15 is 0 Å². The number of fused-ring (bicyclic) bond motifs is 1. The highest BCUT2D eigenvalue weighted by molar-refractivity contribution is 5.99. The van der Waals surface area contributed by atoms with Crippen molar-refractivity contribution < 1.29 is 23.9 Å². The van der Waals surface area contributed by atoms with Crippen LogP contribution in [0.3, 0.4) is 0 Å². The second kappa shape index (κ2) is 11.5. The van der Waals surface area contributed by atoms with Gasteiger partial charge in [-0.25, -0.2) is 0 Å². The van der Waals surface area contributed by atoms with Crippen LogP contribution in [0.5, 0.6) is 0 Å². The molecular weight excluding hydrogens is 448 g/mol. The zero-order chi connectivity index (χ0) is 24.9. The van der Waals surface area contributed by atoms with Crippen LogP contribution >= 0.6 is 0 Å². The number of benzene rings is 1. The molecule has 1 unspecified atom stereocenters. The highest BCUT2D eigenvalue weighted by Gasteiger charge is 2.48. The Morgan fingerprint density at radius 3 is 2.49 bits per heavy atom. The smallest absolute Gasteiger partial charge is 0.251 e. The van der Waals surface area contributed by atoms with Gasteiger partial charge in [0.2, 0.25) is 5.91 Å². The number of methoxy groups -OCH3 is 1. The van der Waals surface area contributed by atoms with E-state index in [1.807, 2.05) is 38.1 Å². The molecule has 0 saturated carbocycles. The first-order valence-corrected chi connectivity index (χ1v) is 12.7. The molecule has 0 aromatic heterocycles. The van der Waals surface area contributed by atoms with Crippen molar-refractivity contribution in [1.29, 1.82) is 0 Å². The fourth-order valence-electron chi connectivity index (χ4n) is 5.25. The predicted molar refractivity (Wildman–Crippen MR) is 133 cm³/mol. The maximum absolute atomic E-state index is 13.4. The number of hydrogen-bond acceptors (Lipinski definition) is 7. The Morgan fingerprint density at radius 1 is 1.11 bits per heavy atom. The summed E-state index contributed by atoms with van der Waals surface area (Å²) in [6, 6.07) is 6.40. The number of anilines is 1. The SMILES string of the molecule is COCCN1CCN(c2ccc(C(=O)NC(CC(C)C)C(=O)N3CC[C@H]4OCC(=O)[C@H]43)cc2)CC1. The van der Waals surface area contributed by atoms with Crippen LogP contribution in [0.2, 0.25) is 0 Å². The first kappa shape index (κ1) is 25.6. The number of rotatable bonds is 9. The number of carbonyl (C=O) groups is 3. The van der Waals surface area contributed by atoms with E-state index in [9.17, 15) is 14.4 Å². The lowest BCUT2D eigenvalue weighted by Gasteiger charge is -2.36. The van der Waals surface area contributed by atoms with Crippen LogP contribution < -0.4 is 10.2 Å². The molecule has 192 valence electrons. The lowest BCUT2D eigenvalue weighted by Crippen LogP contribution is -2.52. The summed E-state index contributed by atoms with van der Waals surface area (Å²) in [6.45, 7) is 10.1. The fraction of sp³-hybridized carbons (Fsp3) is 0.654. The van der Waals surface area contributed by atoms with Crippen molar-refractivity contribution in [3.63, 3.8) is 0 Å². The van der Waals surface area contributed by atoms with Crippen molar-refractivity contribution >= 4 is 23.3 Å². The normalized spacial score (nSPS) is 23.6. The number of nitrogens with zero attached hydrogens (tertiary/aromatic N) is 3. The van der Waals surface area contributed by atoms with Crippen LogP contribution in [0.4, 0.5) is 5.69 Å². The summed E-state index contributed by atoms with van der Waals surface area (Å²) in [5.74, 6) is -0.306. The first-order chi connectivity index (χ1) is 16.9. The quantitative estimate of drug-likeness (QED) is 0.560. The summed E-state index contributed by atoms with van der Waals surface area (Å²) in [6.07, 6.45) is 0.960. The molecule has 1 N–H and O–H groups in total. The number of piperazine rings is 1. The number of ether oxygens (including phenoxy) is 2. The van der Waals surface area contributed by atoms with Gasteiger partial charge < -0.3 is 24.6 Å². The van der Waals surface area contributed by atoms with E-state index in [4.69, 9.17) is 9.47 Å². The van der Waals surface area contributed by atoms with Gasteiger partial charge >= 0.3 is 0 Å². The molecule has 0 radical (unpaired) electrons. The molecule has 3 saturated heterocycles. The molecule has 4 rings (SSSR count). The number of hydrogen-bond donors (Lipinski definition) is 1. The zero-order valence-electron chi connectivity index (χ0n) is 21.1. The monoisotopic (exact) mass is 486 g/mol. The maximum Gasteiger partial charge on any atom is 0.251 e. The standard InChI is InChI=1S/C26H38N4O5/c1-18(2)16-21(26(33)30-9-8-23-24(30)22(31)17-35-23)27-25(32)19-4-6-20(7-5-19)29-12-10-28(11-13-29)14-15-34-3/h4-7,18,21,23-24H,8-17H2,1-3H3,(H,27,32)/t21?,23-,24-/m1/s1. The van der Waals surface area contributed by atoms with Gasteiger partial charge in [-0.3, -0.25) is 19.3 Å². The number of likely N-dealkylation sites (tertiary alicyclic amines) is 1. The molecule has 1 aromatic carbocycles. The molecule has 9 nitrogen and oxygen atoms in total. The van der Waals surface area contributed by atoms with Crippen LogP contribution in [-0.2, 0) is 19.1 Å². The zero-order valence-corrected chi connectivity index (χ0v) is 21.1. The molecule has 9 heteroatoms. The third-order valence-electron chi connectivity index (χ3n) is 7.18. The average Bonchev–Trinajstić information content (AvgIpc) is 3.45. The van der Waals surface area contributed by atoms with Crippen molar-refractivity contribution in [3.8, 4) is 0 Å². The molecule has 3 atom stereocenters. The van der Waals surface area contributed by atoms with Crippen LogP contribution in [0.1, 0.15) is 37.0 Å². The predicted octanol–water partition coefficient (Wildman–Crippen LogP) is 1.17. The van der Waals surface area contributed by atoms with E-state index in [-0.39, 0.29) is 36.2 Å². The van der Waals surface area contributed by atoms with Crippen LogP contribution in [0.25, 0.3) is 0 Å². The topological polar surface area (TPSA) is 91.4 Å². The Hall–Kier alpha value is -2.49. The molecule has 2 amide bonds. The average molecular weight is 487 g/mol. The van der Waals surface area contributed by atoms with Crippen LogP contribution in [0.15, 0.2) is 24.3 Å². The Labute approximate surface area is 207 Å². The highest BCUT2D eigenvalue weighted by atomic mass is 16.5. The van der Waals surface area contributed by atoms with Gasteiger partial charge in [-0.15, -0.1) is 0 Å².